The number of hydrogen-bond donors (Lipinski definition) is 2. The van der Waals surface area contributed by atoms with Crippen LogP contribution in [0.2, 0.25) is 0 Å². The van der Waals surface area contributed by atoms with E-state index in [-0.39, 0.29) is 12.5 Å². The van der Waals surface area contributed by atoms with Crippen LogP contribution in [-0.2, 0) is 20.9 Å². The van der Waals surface area contributed by atoms with Crippen LogP contribution in [0.1, 0.15) is 18.4 Å². The van der Waals surface area contributed by atoms with Crippen LogP contribution in [0.15, 0.2) is 24.3 Å². The summed E-state index contributed by atoms with van der Waals surface area (Å²) >= 11 is 0. The molecule has 2 aliphatic rings. The number of aliphatic carboxylic acids is 1. The number of nitrogens with zero attached hydrogens (tertiary/aromatic N) is 1. The molecule has 0 aliphatic carbocycles. The van der Waals surface area contributed by atoms with Crippen LogP contribution in [0.25, 0.3) is 0 Å². The molecule has 7 heteroatoms. The summed E-state index contributed by atoms with van der Waals surface area (Å²) in [6.07, 6.45) is 0.583. The second-order valence-corrected chi connectivity index (χ2v) is 6.21. The molecule has 0 radical (unpaired) electrons. The zero-order valence-electron chi connectivity index (χ0n) is 13.5. The van der Waals surface area contributed by atoms with Crippen molar-refractivity contribution in [2.75, 3.05) is 32.9 Å². The average Bonchev–Trinajstić information content (AvgIpc) is 2.77. The maximum absolute atomic E-state index is 12.4. The van der Waals surface area contributed by atoms with Crippen molar-refractivity contribution in [3.05, 3.63) is 29.8 Å². The van der Waals surface area contributed by atoms with E-state index in [1.54, 1.807) is 0 Å². The molecule has 0 bridgehead atoms. The summed E-state index contributed by atoms with van der Waals surface area (Å²) in [5, 5.41) is 12.2. The summed E-state index contributed by atoms with van der Waals surface area (Å²) in [6.45, 7) is 2.56. The summed E-state index contributed by atoms with van der Waals surface area (Å²) in [5.41, 5.74) is -0.183. The van der Waals surface area contributed by atoms with E-state index in [0.29, 0.717) is 45.8 Å². The molecule has 24 heavy (non-hydrogen) atoms. The van der Waals surface area contributed by atoms with Crippen molar-refractivity contribution in [3.8, 4) is 5.75 Å². The number of carbonyl (C=O) groups excluding carboxylic acids is 1. The van der Waals surface area contributed by atoms with Gasteiger partial charge in [0.25, 0.3) is 0 Å². The number of para-hydroxylation sites is 1. The molecule has 3 rings (SSSR count). The third kappa shape index (κ3) is 3.68. The number of carboxylic acid groups (broad SMARTS) is 1. The lowest BCUT2D eigenvalue weighted by atomic mass is 9.90. The molecule has 2 N–H and O–H groups in total. The fraction of sp³-hybridized carbons (Fsp3) is 0.529. The molecule has 0 atom stereocenters. The van der Waals surface area contributed by atoms with Gasteiger partial charge in [-0.15, -0.1) is 0 Å². The first-order valence-corrected chi connectivity index (χ1v) is 8.14. The zero-order valence-corrected chi connectivity index (χ0v) is 13.5. The number of benzene rings is 1. The predicted molar refractivity (Wildman–Crippen MR) is 85.8 cm³/mol. The van der Waals surface area contributed by atoms with Crippen LogP contribution in [-0.4, -0.2) is 60.3 Å². The third-order valence-electron chi connectivity index (χ3n) is 4.53. The van der Waals surface area contributed by atoms with Crippen molar-refractivity contribution in [1.82, 2.24) is 10.2 Å². The van der Waals surface area contributed by atoms with Crippen molar-refractivity contribution in [3.63, 3.8) is 0 Å². The number of ether oxygens (including phenoxy) is 2. The van der Waals surface area contributed by atoms with E-state index in [4.69, 9.17) is 9.47 Å². The van der Waals surface area contributed by atoms with Gasteiger partial charge in [0.2, 0.25) is 5.91 Å². The van der Waals surface area contributed by atoms with Crippen LogP contribution in [0.3, 0.4) is 0 Å². The minimum absolute atomic E-state index is 0.146. The fourth-order valence-electron chi connectivity index (χ4n) is 3.14. The second-order valence-electron chi connectivity index (χ2n) is 6.21. The van der Waals surface area contributed by atoms with Gasteiger partial charge in [-0.05, 0) is 6.07 Å². The van der Waals surface area contributed by atoms with E-state index >= 15 is 0 Å². The Kier molecular flexibility index (Phi) is 5.01. The molecule has 0 saturated carbocycles. The Bertz CT molecular complexity index is 613. The number of hydrogen-bond acceptors (Lipinski definition) is 5. The molecule has 2 heterocycles. The monoisotopic (exact) mass is 334 g/mol. The highest BCUT2D eigenvalue weighted by Gasteiger charge is 2.41. The molecule has 0 aromatic heterocycles. The van der Waals surface area contributed by atoms with Crippen LogP contribution in [0.4, 0.5) is 0 Å². The zero-order chi connectivity index (χ0) is 17.0. The van der Waals surface area contributed by atoms with Gasteiger partial charge < -0.3 is 19.9 Å². The first-order valence-electron chi connectivity index (χ1n) is 8.14. The maximum atomic E-state index is 12.4. The van der Waals surface area contributed by atoms with E-state index in [9.17, 15) is 14.7 Å². The summed E-state index contributed by atoms with van der Waals surface area (Å²) in [7, 11) is 0. The van der Waals surface area contributed by atoms with E-state index in [2.05, 4.69) is 5.32 Å². The van der Waals surface area contributed by atoms with E-state index < -0.39 is 11.5 Å². The highest BCUT2D eigenvalue weighted by atomic mass is 16.5. The lowest BCUT2D eigenvalue weighted by molar-refractivity contribution is -0.152. The number of nitrogens with one attached hydrogen (secondary N) is 1. The molecule has 2 aliphatic heterocycles. The third-order valence-corrected chi connectivity index (χ3v) is 4.53. The number of amides is 1. The van der Waals surface area contributed by atoms with Crippen LogP contribution in [0.5, 0.6) is 5.75 Å². The number of carbonyl (C=O) groups is 2. The maximum Gasteiger partial charge on any atom is 0.329 e. The molecule has 130 valence electrons. The molecule has 1 aromatic carbocycles. The number of rotatable bonds is 4. The minimum atomic E-state index is -1.21. The average molecular weight is 334 g/mol. The van der Waals surface area contributed by atoms with Gasteiger partial charge >= 0.3 is 5.97 Å². The summed E-state index contributed by atoms with van der Waals surface area (Å²) in [6, 6.07) is 7.75. The van der Waals surface area contributed by atoms with Gasteiger partial charge in [-0.2, -0.15) is 0 Å². The highest BCUT2D eigenvalue weighted by Crippen LogP contribution is 2.23. The van der Waals surface area contributed by atoms with Gasteiger partial charge in [-0.1, -0.05) is 18.2 Å². The first kappa shape index (κ1) is 16.7. The normalized spacial score (nSPS) is 20.3. The second kappa shape index (κ2) is 7.19. The summed E-state index contributed by atoms with van der Waals surface area (Å²) in [5.74, 6) is -0.436. The smallest absolute Gasteiger partial charge is 0.329 e. The molecule has 1 amide bonds. The number of carboxylic acids is 1. The Hall–Kier alpha value is -2.12. The lowest BCUT2D eigenvalue weighted by Crippen LogP contribution is -2.59. The molecule has 1 saturated heterocycles. The highest BCUT2D eigenvalue weighted by molar-refractivity contribution is 5.88. The predicted octanol–water partition coefficient (Wildman–Crippen LogP) is 0.631. The lowest BCUT2D eigenvalue weighted by Gasteiger charge is -2.34. The Balaban J connectivity index is 1.63. The Labute approximate surface area is 140 Å². The van der Waals surface area contributed by atoms with E-state index in [1.165, 1.54) is 0 Å². The van der Waals surface area contributed by atoms with Crippen LogP contribution < -0.4 is 10.1 Å². The molecule has 1 aromatic rings. The van der Waals surface area contributed by atoms with Crippen molar-refractivity contribution in [1.29, 1.82) is 0 Å². The van der Waals surface area contributed by atoms with E-state index in [1.807, 2.05) is 29.2 Å². The SMILES string of the molecule is O=C(CN1CCOc2ccccc2C1)NC1(C(=O)O)CCOCC1. The Morgan fingerprint density at radius 1 is 1.21 bits per heavy atom. The molecule has 1 fully saturated rings. The summed E-state index contributed by atoms with van der Waals surface area (Å²) < 4.78 is 10.9. The van der Waals surface area contributed by atoms with Crippen LogP contribution >= 0.6 is 0 Å². The van der Waals surface area contributed by atoms with Crippen molar-refractivity contribution >= 4 is 11.9 Å². The molecule has 0 unspecified atom stereocenters. The standard InChI is InChI=1S/C17H22N2O5/c20-15(18-17(16(21)22)5-8-23-9-6-17)12-19-7-10-24-14-4-2-1-3-13(14)11-19/h1-4H,5-12H2,(H,18,20)(H,21,22). The first-order chi connectivity index (χ1) is 11.6. The largest absolute Gasteiger partial charge is 0.492 e. The Morgan fingerprint density at radius 3 is 2.71 bits per heavy atom. The van der Waals surface area contributed by atoms with Gasteiger partial charge in [-0.3, -0.25) is 9.69 Å². The van der Waals surface area contributed by atoms with Crippen molar-refractivity contribution in [2.24, 2.45) is 0 Å². The molecule has 7 nitrogen and oxygen atoms in total. The van der Waals surface area contributed by atoms with Gasteiger partial charge in [0.15, 0.2) is 0 Å². The Morgan fingerprint density at radius 2 is 1.96 bits per heavy atom. The minimum Gasteiger partial charge on any atom is -0.492 e. The van der Waals surface area contributed by atoms with Gasteiger partial charge in [0, 0.05) is 44.7 Å². The fourth-order valence-corrected chi connectivity index (χ4v) is 3.14. The van der Waals surface area contributed by atoms with Gasteiger partial charge in [0.05, 0.1) is 6.54 Å². The quantitative estimate of drug-likeness (QED) is 0.840. The van der Waals surface area contributed by atoms with Crippen molar-refractivity contribution < 1.29 is 24.2 Å². The van der Waals surface area contributed by atoms with Gasteiger partial charge in [0.1, 0.15) is 17.9 Å². The summed E-state index contributed by atoms with van der Waals surface area (Å²) in [4.78, 5) is 26.0. The van der Waals surface area contributed by atoms with E-state index in [0.717, 1.165) is 11.3 Å². The van der Waals surface area contributed by atoms with Gasteiger partial charge in [-0.25, -0.2) is 4.79 Å². The molecular formula is C17H22N2O5. The topological polar surface area (TPSA) is 88.1 Å². The molecular weight excluding hydrogens is 312 g/mol. The van der Waals surface area contributed by atoms with Crippen LogP contribution in [0, 0.1) is 0 Å². The number of fused-ring (bicyclic) bond motifs is 1. The van der Waals surface area contributed by atoms with Crippen molar-refractivity contribution in [2.45, 2.75) is 24.9 Å². The molecule has 0 spiro atoms.